The third-order valence-corrected chi connectivity index (χ3v) is 8.71. The minimum absolute atomic E-state index is 0.0352. The van der Waals surface area contributed by atoms with E-state index in [-0.39, 0.29) is 28.6 Å². The summed E-state index contributed by atoms with van der Waals surface area (Å²) in [6, 6.07) is 13.7. The lowest BCUT2D eigenvalue weighted by molar-refractivity contribution is 0.0941. The van der Waals surface area contributed by atoms with E-state index in [1.54, 1.807) is 29.8 Å². The van der Waals surface area contributed by atoms with Gasteiger partial charge >= 0.3 is 10.2 Å². The molecule has 0 spiro atoms. The first kappa shape index (κ1) is 25.9. The molecule has 1 fully saturated rings. The van der Waals surface area contributed by atoms with Crippen LogP contribution in [0.25, 0.3) is 22.1 Å². The average molecular weight is 580 g/mol. The van der Waals surface area contributed by atoms with E-state index in [9.17, 15) is 18.0 Å². The van der Waals surface area contributed by atoms with Crippen molar-refractivity contribution in [1.82, 2.24) is 29.2 Å². The van der Waals surface area contributed by atoms with Crippen molar-refractivity contribution in [3.8, 4) is 18.0 Å². The van der Waals surface area contributed by atoms with E-state index in [1.165, 1.54) is 10.7 Å². The molecule has 2 aliphatic rings. The van der Waals surface area contributed by atoms with Crippen LogP contribution in [0.5, 0.6) is 0 Å². The quantitative estimate of drug-likeness (QED) is 0.237. The summed E-state index contributed by atoms with van der Waals surface area (Å²) >= 11 is 0. The molecule has 210 valence electrons. The van der Waals surface area contributed by atoms with Crippen molar-refractivity contribution in [2.24, 2.45) is 0 Å². The molecule has 0 unspecified atom stereocenters. The highest BCUT2D eigenvalue weighted by atomic mass is 32.2. The molecule has 42 heavy (non-hydrogen) atoms. The van der Waals surface area contributed by atoms with Gasteiger partial charge in [0.1, 0.15) is 5.56 Å². The highest BCUT2D eigenvalue weighted by Gasteiger charge is 2.33. The SMILES string of the molecule is C#Cc1ccc2c3c(c([C@H](C)NC(=O)c4c(NS(=O)(=O)NC5CC5)nn5cccnc45)n(-c4ccccc4)c(=O)c13)C2. The fourth-order valence-corrected chi connectivity index (χ4v) is 6.73. The largest absolute Gasteiger partial charge is 0.344 e. The van der Waals surface area contributed by atoms with Gasteiger partial charge in [-0.2, -0.15) is 13.1 Å². The number of hydrogen-bond donors (Lipinski definition) is 3. The second kappa shape index (κ2) is 9.54. The van der Waals surface area contributed by atoms with Crippen LogP contribution in [-0.2, 0) is 16.6 Å². The number of benzene rings is 2. The molecule has 1 saturated carbocycles. The number of aromatic nitrogens is 4. The molecule has 1 atom stereocenters. The first-order chi connectivity index (χ1) is 20.3. The van der Waals surface area contributed by atoms with Gasteiger partial charge < -0.3 is 5.32 Å². The summed E-state index contributed by atoms with van der Waals surface area (Å²) in [5.74, 6) is 1.89. The Kier molecular flexibility index (Phi) is 5.89. The van der Waals surface area contributed by atoms with E-state index in [1.807, 2.05) is 36.4 Å². The highest BCUT2D eigenvalue weighted by molar-refractivity contribution is 7.90. The van der Waals surface area contributed by atoms with E-state index < -0.39 is 22.2 Å². The number of pyridine rings is 1. The number of carbonyl (C=O) groups excluding carboxylic acids is 1. The summed E-state index contributed by atoms with van der Waals surface area (Å²) in [5.41, 5.74) is 3.57. The number of amides is 1. The van der Waals surface area contributed by atoms with Crippen molar-refractivity contribution < 1.29 is 13.2 Å². The Morgan fingerprint density at radius 3 is 2.64 bits per heavy atom. The Labute approximate surface area is 240 Å². The maximum absolute atomic E-state index is 14.1. The molecule has 0 radical (unpaired) electrons. The topological polar surface area (TPSA) is 139 Å². The first-order valence-electron chi connectivity index (χ1n) is 13.5. The molecule has 0 bridgehead atoms. The van der Waals surface area contributed by atoms with E-state index in [2.05, 4.69) is 30.8 Å². The lowest BCUT2D eigenvalue weighted by atomic mass is 9.81. The molecule has 3 N–H and O–H groups in total. The van der Waals surface area contributed by atoms with Crippen LogP contribution in [0.4, 0.5) is 5.82 Å². The Morgan fingerprint density at radius 1 is 1.12 bits per heavy atom. The maximum Gasteiger partial charge on any atom is 0.300 e. The van der Waals surface area contributed by atoms with Crippen molar-refractivity contribution in [3.05, 3.63) is 99.2 Å². The van der Waals surface area contributed by atoms with Crippen molar-refractivity contribution in [2.45, 2.75) is 38.3 Å². The number of hydrogen-bond acceptors (Lipinski definition) is 6. The zero-order valence-corrected chi connectivity index (χ0v) is 23.3. The summed E-state index contributed by atoms with van der Waals surface area (Å²) in [6.07, 6.45) is 11.0. The monoisotopic (exact) mass is 579 g/mol. The van der Waals surface area contributed by atoms with Gasteiger partial charge in [-0.1, -0.05) is 30.2 Å². The molecule has 7 rings (SSSR count). The molecule has 2 aromatic carbocycles. The summed E-state index contributed by atoms with van der Waals surface area (Å²) in [4.78, 5) is 32.2. The standard InChI is InChI=1S/C30H25N7O4S/c1-3-18-10-11-19-16-22-23(19)24(18)30(39)37(21-8-5-4-6-9-21)26(22)17(2)32-29(38)25-27(33-36-15-7-14-31-28(25)36)35-42(40,41)34-20-12-13-20/h1,4-11,14-15,17,20,34H,12-13,16H2,2H3,(H,32,38)(H,33,35)/t17-/m0/s1. The number of para-hydroxylation sites is 1. The van der Waals surface area contributed by atoms with Crippen LogP contribution in [0, 0.1) is 12.3 Å². The second-order valence-electron chi connectivity index (χ2n) is 10.5. The van der Waals surface area contributed by atoms with Gasteiger partial charge in [-0.05, 0) is 60.5 Å². The molecule has 1 amide bonds. The lowest BCUT2D eigenvalue weighted by Gasteiger charge is -2.30. The Balaban J connectivity index is 1.34. The summed E-state index contributed by atoms with van der Waals surface area (Å²) in [7, 11) is -3.98. The van der Waals surface area contributed by atoms with Crippen LogP contribution in [-0.4, -0.2) is 39.5 Å². The molecule has 12 heteroatoms. The van der Waals surface area contributed by atoms with E-state index >= 15 is 0 Å². The minimum Gasteiger partial charge on any atom is -0.344 e. The van der Waals surface area contributed by atoms with Gasteiger partial charge in [0.25, 0.3) is 11.5 Å². The van der Waals surface area contributed by atoms with Gasteiger partial charge in [-0.15, -0.1) is 11.5 Å². The van der Waals surface area contributed by atoms with E-state index in [0.717, 1.165) is 29.4 Å². The lowest BCUT2D eigenvalue weighted by Crippen LogP contribution is -2.36. The third kappa shape index (κ3) is 4.22. The number of carbonyl (C=O) groups is 1. The Morgan fingerprint density at radius 2 is 1.90 bits per heavy atom. The maximum atomic E-state index is 14.1. The molecule has 0 saturated heterocycles. The minimum atomic E-state index is -3.98. The van der Waals surface area contributed by atoms with Crippen LogP contribution in [0.1, 0.15) is 58.5 Å². The molecule has 2 aliphatic carbocycles. The number of nitrogens with one attached hydrogen (secondary N) is 3. The number of fused-ring (bicyclic) bond motifs is 1. The van der Waals surface area contributed by atoms with Crippen molar-refractivity contribution in [1.29, 1.82) is 0 Å². The molecule has 11 nitrogen and oxygen atoms in total. The molecule has 3 aromatic heterocycles. The van der Waals surface area contributed by atoms with Gasteiger partial charge in [0.05, 0.1) is 17.1 Å². The summed E-state index contributed by atoms with van der Waals surface area (Å²) in [5, 5.41) is 8.56. The Bertz CT molecular complexity index is 2140. The summed E-state index contributed by atoms with van der Waals surface area (Å²) in [6.45, 7) is 1.79. The fourth-order valence-electron chi connectivity index (χ4n) is 5.60. The highest BCUT2D eigenvalue weighted by Crippen LogP contribution is 2.39. The van der Waals surface area contributed by atoms with E-state index in [4.69, 9.17) is 6.42 Å². The number of anilines is 1. The smallest absolute Gasteiger partial charge is 0.300 e. The van der Waals surface area contributed by atoms with Gasteiger partial charge in [0, 0.05) is 36.1 Å². The summed E-state index contributed by atoms with van der Waals surface area (Å²) < 4.78 is 33.4. The molecule has 3 heterocycles. The van der Waals surface area contributed by atoms with Crippen LogP contribution in [0.3, 0.4) is 0 Å². The predicted molar refractivity (Wildman–Crippen MR) is 158 cm³/mol. The third-order valence-electron chi connectivity index (χ3n) is 7.61. The normalized spacial score (nSPS) is 14.8. The van der Waals surface area contributed by atoms with Crippen molar-refractivity contribution in [2.75, 3.05) is 4.72 Å². The fraction of sp³-hybridized carbons (Fsp3) is 0.200. The van der Waals surface area contributed by atoms with Gasteiger partial charge in [0.2, 0.25) is 0 Å². The van der Waals surface area contributed by atoms with Crippen LogP contribution in [0.2, 0.25) is 0 Å². The van der Waals surface area contributed by atoms with Crippen LogP contribution in [0.15, 0.2) is 65.7 Å². The number of nitrogens with zero attached hydrogens (tertiary/aromatic N) is 4. The zero-order chi connectivity index (χ0) is 29.2. The van der Waals surface area contributed by atoms with Gasteiger partial charge in [0.15, 0.2) is 11.5 Å². The Hall–Kier alpha value is -4.99. The number of rotatable bonds is 8. The molecule has 5 aromatic rings. The molecular weight excluding hydrogens is 554 g/mol. The predicted octanol–water partition coefficient (Wildman–Crippen LogP) is 2.82. The van der Waals surface area contributed by atoms with Crippen molar-refractivity contribution >= 4 is 38.4 Å². The zero-order valence-electron chi connectivity index (χ0n) is 22.5. The van der Waals surface area contributed by atoms with Crippen LogP contribution < -0.4 is 20.3 Å². The first-order valence-corrected chi connectivity index (χ1v) is 14.9. The van der Waals surface area contributed by atoms with E-state index in [0.29, 0.717) is 28.8 Å². The van der Waals surface area contributed by atoms with Gasteiger partial charge in [-0.3, -0.25) is 18.9 Å². The second-order valence-corrected chi connectivity index (χ2v) is 11.9. The van der Waals surface area contributed by atoms with Gasteiger partial charge in [-0.25, -0.2) is 9.50 Å². The molecular formula is C30H25N7O4S. The van der Waals surface area contributed by atoms with Crippen molar-refractivity contribution in [3.63, 3.8) is 0 Å². The van der Waals surface area contributed by atoms with Crippen LogP contribution >= 0.6 is 0 Å². The molecule has 0 aliphatic heterocycles. The average Bonchev–Trinajstić information content (AvgIpc) is 3.68. The number of terminal acetylenes is 1.